The SMILES string of the molecule is BNC1CCCC(C)C1. The van der Waals surface area contributed by atoms with Crippen LogP contribution < -0.4 is 5.23 Å². The molecule has 2 unspecified atom stereocenters. The zero-order valence-electron chi connectivity index (χ0n) is 6.48. The summed E-state index contributed by atoms with van der Waals surface area (Å²) in [5.41, 5.74) is 0. The van der Waals surface area contributed by atoms with Crippen molar-refractivity contribution in [3.63, 3.8) is 0 Å². The Balaban J connectivity index is 2.23. The second-order valence-electron chi connectivity index (χ2n) is 3.26. The number of hydrogen-bond acceptors (Lipinski definition) is 1. The molecule has 0 aliphatic heterocycles. The minimum atomic E-state index is 0.814. The van der Waals surface area contributed by atoms with Crippen molar-refractivity contribution in [1.29, 1.82) is 0 Å². The highest BCUT2D eigenvalue weighted by molar-refractivity contribution is 6.04. The van der Waals surface area contributed by atoms with Crippen molar-refractivity contribution in [1.82, 2.24) is 5.23 Å². The van der Waals surface area contributed by atoms with Crippen molar-refractivity contribution in [2.75, 3.05) is 0 Å². The molecule has 0 aromatic carbocycles. The van der Waals surface area contributed by atoms with E-state index in [9.17, 15) is 0 Å². The second-order valence-corrected chi connectivity index (χ2v) is 3.26. The Labute approximate surface area is 58.6 Å². The van der Waals surface area contributed by atoms with Crippen LogP contribution in [0.25, 0.3) is 0 Å². The van der Waals surface area contributed by atoms with Gasteiger partial charge in [-0.2, -0.15) is 0 Å². The third-order valence-corrected chi connectivity index (χ3v) is 2.34. The molecule has 0 amide bonds. The molecule has 0 aromatic heterocycles. The quantitative estimate of drug-likeness (QED) is 0.508. The highest BCUT2D eigenvalue weighted by atomic mass is 14.8. The Hall–Kier alpha value is 0.0249. The van der Waals surface area contributed by atoms with Gasteiger partial charge in [-0.3, -0.25) is 0 Å². The predicted octanol–water partition coefficient (Wildman–Crippen LogP) is 0.703. The maximum Gasteiger partial charge on any atom is 0.182 e. The lowest BCUT2D eigenvalue weighted by Gasteiger charge is -2.26. The molecule has 0 aromatic rings. The Bertz CT molecular complexity index is 85.0. The van der Waals surface area contributed by atoms with Gasteiger partial charge in [0.25, 0.3) is 0 Å². The van der Waals surface area contributed by atoms with Crippen LogP contribution in [0.2, 0.25) is 0 Å². The maximum absolute atomic E-state index is 3.33. The molecule has 9 heavy (non-hydrogen) atoms. The third kappa shape index (κ3) is 2.01. The van der Waals surface area contributed by atoms with E-state index >= 15 is 0 Å². The van der Waals surface area contributed by atoms with Gasteiger partial charge >= 0.3 is 0 Å². The number of rotatable bonds is 1. The summed E-state index contributed by atoms with van der Waals surface area (Å²) in [6.07, 6.45) is 5.64. The van der Waals surface area contributed by atoms with Crippen LogP contribution in [-0.2, 0) is 0 Å². The Morgan fingerprint density at radius 1 is 1.44 bits per heavy atom. The monoisotopic (exact) mass is 125 g/mol. The third-order valence-electron chi connectivity index (χ3n) is 2.34. The molecule has 0 saturated heterocycles. The van der Waals surface area contributed by atoms with Gasteiger partial charge in [0.05, 0.1) is 0 Å². The summed E-state index contributed by atoms with van der Waals surface area (Å²) in [6, 6.07) is 0.814. The molecule has 0 heterocycles. The van der Waals surface area contributed by atoms with E-state index in [0.717, 1.165) is 12.0 Å². The Morgan fingerprint density at radius 2 is 2.22 bits per heavy atom. The molecule has 1 nitrogen and oxygen atoms in total. The lowest BCUT2D eigenvalue weighted by Crippen LogP contribution is -2.31. The van der Waals surface area contributed by atoms with Crippen molar-refractivity contribution < 1.29 is 0 Å². The molecule has 1 rings (SSSR count). The van der Waals surface area contributed by atoms with Gasteiger partial charge in [0, 0.05) is 0 Å². The van der Waals surface area contributed by atoms with Crippen molar-refractivity contribution in [2.24, 2.45) is 5.92 Å². The van der Waals surface area contributed by atoms with Gasteiger partial charge in [-0.05, 0) is 24.8 Å². The standard InChI is InChI=1S/C7H16BN/c1-6-3-2-4-7(5-6)9-8/h6-7,9H,2-5,8H2,1H3. The van der Waals surface area contributed by atoms with E-state index in [0.29, 0.717) is 0 Å². The van der Waals surface area contributed by atoms with E-state index in [2.05, 4.69) is 20.1 Å². The summed E-state index contributed by atoms with van der Waals surface area (Å²) < 4.78 is 0. The van der Waals surface area contributed by atoms with Crippen molar-refractivity contribution in [3.05, 3.63) is 0 Å². The molecule has 0 bridgehead atoms. The first-order chi connectivity index (χ1) is 4.33. The van der Waals surface area contributed by atoms with Gasteiger partial charge in [-0.25, -0.2) is 0 Å². The van der Waals surface area contributed by atoms with Crippen molar-refractivity contribution in [2.45, 2.75) is 38.6 Å². The zero-order valence-corrected chi connectivity index (χ0v) is 6.48. The van der Waals surface area contributed by atoms with Gasteiger partial charge in [0.15, 0.2) is 7.98 Å². The topological polar surface area (TPSA) is 12.0 Å². The number of hydrogen-bond donors (Lipinski definition) is 1. The molecule has 1 aliphatic carbocycles. The summed E-state index contributed by atoms with van der Waals surface area (Å²) in [7, 11) is 2.07. The average Bonchev–Trinajstić information content (AvgIpc) is 1.88. The first kappa shape index (κ1) is 7.14. The van der Waals surface area contributed by atoms with Gasteiger partial charge in [0.2, 0.25) is 0 Å². The molecular formula is C7H16BN. The first-order valence-electron chi connectivity index (χ1n) is 4.00. The van der Waals surface area contributed by atoms with Gasteiger partial charge < -0.3 is 5.23 Å². The summed E-state index contributed by atoms with van der Waals surface area (Å²) in [6.45, 7) is 2.35. The summed E-state index contributed by atoms with van der Waals surface area (Å²) >= 11 is 0. The van der Waals surface area contributed by atoms with Gasteiger partial charge in [0.1, 0.15) is 0 Å². The van der Waals surface area contributed by atoms with Crippen LogP contribution in [0.3, 0.4) is 0 Å². The summed E-state index contributed by atoms with van der Waals surface area (Å²) in [4.78, 5) is 0. The van der Waals surface area contributed by atoms with E-state index < -0.39 is 0 Å². The van der Waals surface area contributed by atoms with Gasteiger partial charge in [-0.15, -0.1) is 0 Å². The average molecular weight is 125 g/mol. The summed E-state index contributed by atoms with van der Waals surface area (Å²) in [5, 5.41) is 3.33. The molecular weight excluding hydrogens is 109 g/mol. The van der Waals surface area contributed by atoms with E-state index in [-0.39, 0.29) is 0 Å². The number of nitrogens with one attached hydrogen (secondary N) is 1. The van der Waals surface area contributed by atoms with Crippen LogP contribution in [-0.4, -0.2) is 14.0 Å². The van der Waals surface area contributed by atoms with Crippen LogP contribution >= 0.6 is 0 Å². The fourth-order valence-electron chi connectivity index (χ4n) is 1.70. The summed E-state index contributed by atoms with van der Waals surface area (Å²) in [5.74, 6) is 0.955. The minimum Gasteiger partial charge on any atom is -0.359 e. The molecule has 2 heteroatoms. The molecule has 2 atom stereocenters. The first-order valence-corrected chi connectivity index (χ1v) is 4.00. The Kier molecular flexibility index (Phi) is 2.58. The normalized spacial score (nSPS) is 36.6. The molecule has 1 saturated carbocycles. The Morgan fingerprint density at radius 3 is 2.67 bits per heavy atom. The molecule has 1 N–H and O–H groups in total. The minimum absolute atomic E-state index is 0.814. The van der Waals surface area contributed by atoms with E-state index in [1.54, 1.807) is 0 Å². The fraction of sp³-hybridized carbons (Fsp3) is 1.00. The zero-order chi connectivity index (χ0) is 6.69. The van der Waals surface area contributed by atoms with Crippen LogP contribution in [0.5, 0.6) is 0 Å². The molecule has 1 aliphatic rings. The van der Waals surface area contributed by atoms with E-state index in [4.69, 9.17) is 0 Å². The van der Waals surface area contributed by atoms with Crippen molar-refractivity contribution in [3.8, 4) is 0 Å². The van der Waals surface area contributed by atoms with Crippen LogP contribution in [0, 0.1) is 5.92 Å². The molecule has 52 valence electrons. The second kappa shape index (κ2) is 3.26. The van der Waals surface area contributed by atoms with Crippen LogP contribution in [0.4, 0.5) is 0 Å². The lowest BCUT2D eigenvalue weighted by atomic mass is 9.86. The van der Waals surface area contributed by atoms with Gasteiger partial charge in [-0.1, -0.05) is 19.8 Å². The van der Waals surface area contributed by atoms with Crippen molar-refractivity contribution >= 4 is 7.98 Å². The highest BCUT2D eigenvalue weighted by Crippen LogP contribution is 2.22. The molecule has 1 fully saturated rings. The van der Waals surface area contributed by atoms with E-state index in [1.807, 2.05) is 0 Å². The lowest BCUT2D eigenvalue weighted by molar-refractivity contribution is 0.330. The van der Waals surface area contributed by atoms with E-state index in [1.165, 1.54) is 25.7 Å². The highest BCUT2D eigenvalue weighted by Gasteiger charge is 2.15. The van der Waals surface area contributed by atoms with Crippen LogP contribution in [0.1, 0.15) is 32.6 Å². The smallest absolute Gasteiger partial charge is 0.182 e. The molecule has 0 spiro atoms. The predicted molar refractivity (Wildman–Crippen MR) is 43.1 cm³/mol. The molecule has 0 radical (unpaired) electrons. The fourth-order valence-corrected chi connectivity index (χ4v) is 1.70. The largest absolute Gasteiger partial charge is 0.359 e. The maximum atomic E-state index is 3.33. The van der Waals surface area contributed by atoms with Crippen LogP contribution in [0.15, 0.2) is 0 Å².